The van der Waals surface area contributed by atoms with Crippen molar-refractivity contribution in [3.8, 4) is 11.5 Å². The number of ether oxygens (including phenoxy) is 2. The standard InChI is InChI=1S/C23H27NO3.BrH/c1-24(13-14-4-3-5-14)11-10-23-16-7-9-19(26-2)22(23)27-21-18(25)8-6-15(20(21)23)12-17(16)24;/h6-9,14,17,22H,3-5,10-13H2,1-2H3;1H/t17-,22+,23+,24+;/m1./s1. The van der Waals surface area contributed by atoms with E-state index in [0.717, 1.165) is 29.0 Å². The second-order valence-corrected chi connectivity index (χ2v) is 9.46. The van der Waals surface area contributed by atoms with Gasteiger partial charge in [-0.3, -0.25) is 0 Å². The van der Waals surface area contributed by atoms with E-state index >= 15 is 0 Å². The number of rotatable bonds is 3. The molecule has 1 saturated carbocycles. The van der Waals surface area contributed by atoms with E-state index in [1.54, 1.807) is 7.11 Å². The fourth-order valence-electron chi connectivity index (χ4n) is 6.67. The molecule has 4 nitrogen and oxygen atoms in total. The summed E-state index contributed by atoms with van der Waals surface area (Å²) in [5, 5.41) is 10.5. The number of hydrogen-bond donors (Lipinski definition) is 1. The molecule has 1 N–H and O–H groups in total. The molecule has 2 heterocycles. The van der Waals surface area contributed by atoms with Crippen molar-refractivity contribution in [2.45, 2.75) is 49.7 Å². The monoisotopic (exact) mass is 445 g/mol. The van der Waals surface area contributed by atoms with Crippen molar-refractivity contribution in [1.82, 2.24) is 0 Å². The van der Waals surface area contributed by atoms with Crippen LogP contribution >= 0.6 is 0 Å². The summed E-state index contributed by atoms with van der Waals surface area (Å²) in [5.41, 5.74) is 3.97. The number of halogens is 1. The number of allylic oxidation sites excluding steroid dienone is 2. The summed E-state index contributed by atoms with van der Waals surface area (Å²) in [4.78, 5) is 0. The van der Waals surface area contributed by atoms with Crippen LogP contribution in [0.1, 0.15) is 36.8 Å². The average molecular weight is 446 g/mol. The van der Waals surface area contributed by atoms with Gasteiger partial charge in [-0.2, -0.15) is 0 Å². The number of piperidine rings is 1. The van der Waals surface area contributed by atoms with Crippen LogP contribution in [-0.2, 0) is 16.6 Å². The molecule has 0 amide bonds. The summed E-state index contributed by atoms with van der Waals surface area (Å²) in [6.07, 6.45) is 10.6. The molecule has 3 aliphatic carbocycles. The fourth-order valence-corrected chi connectivity index (χ4v) is 6.67. The first-order valence-corrected chi connectivity index (χ1v) is 10.4. The van der Waals surface area contributed by atoms with Crippen LogP contribution in [-0.4, -0.2) is 49.0 Å². The molecule has 2 fully saturated rings. The van der Waals surface area contributed by atoms with Gasteiger partial charge < -0.3 is 36.0 Å². The maximum absolute atomic E-state index is 10.5. The van der Waals surface area contributed by atoms with Gasteiger partial charge in [-0.15, -0.1) is 0 Å². The maximum Gasteiger partial charge on any atom is 0.169 e. The van der Waals surface area contributed by atoms with Gasteiger partial charge in [0.15, 0.2) is 17.6 Å². The minimum atomic E-state index is -0.149. The van der Waals surface area contributed by atoms with Crippen LogP contribution in [0.25, 0.3) is 0 Å². The minimum Gasteiger partial charge on any atom is -1.00 e. The Kier molecular flexibility index (Phi) is 3.99. The number of methoxy groups -OCH3 is 1. The molecule has 4 atom stereocenters. The zero-order chi connectivity index (χ0) is 18.4. The Labute approximate surface area is 177 Å². The van der Waals surface area contributed by atoms with Gasteiger partial charge in [-0.25, -0.2) is 0 Å². The molecule has 5 heteroatoms. The summed E-state index contributed by atoms with van der Waals surface area (Å²) in [5.74, 6) is 2.74. The second kappa shape index (κ2) is 6.02. The number of phenolic OH excluding ortho intramolecular Hbond substituents is 1. The lowest BCUT2D eigenvalue weighted by atomic mass is 9.56. The van der Waals surface area contributed by atoms with Crippen LogP contribution in [0, 0.1) is 5.92 Å². The van der Waals surface area contributed by atoms with Crippen LogP contribution in [0.2, 0.25) is 0 Å². The summed E-state index contributed by atoms with van der Waals surface area (Å²) < 4.78 is 13.3. The molecule has 1 spiro atoms. The topological polar surface area (TPSA) is 38.7 Å². The smallest absolute Gasteiger partial charge is 0.169 e. The van der Waals surface area contributed by atoms with Gasteiger partial charge in [0.2, 0.25) is 0 Å². The summed E-state index contributed by atoms with van der Waals surface area (Å²) >= 11 is 0. The van der Waals surface area contributed by atoms with Crippen LogP contribution < -0.4 is 21.7 Å². The van der Waals surface area contributed by atoms with E-state index in [2.05, 4.69) is 25.3 Å². The number of phenols is 1. The highest BCUT2D eigenvalue weighted by Crippen LogP contribution is 2.63. The third-order valence-electron chi connectivity index (χ3n) is 8.23. The van der Waals surface area contributed by atoms with E-state index < -0.39 is 0 Å². The predicted octanol–water partition coefficient (Wildman–Crippen LogP) is 0.440. The fraction of sp³-hybridized carbons (Fsp3) is 0.565. The predicted molar refractivity (Wildman–Crippen MR) is 103 cm³/mol. The molecule has 5 aliphatic rings. The first kappa shape index (κ1) is 18.6. The van der Waals surface area contributed by atoms with Crippen LogP contribution in [0.3, 0.4) is 0 Å². The lowest BCUT2D eigenvalue weighted by Gasteiger charge is -2.58. The second-order valence-electron chi connectivity index (χ2n) is 9.46. The largest absolute Gasteiger partial charge is 1.00 e. The van der Waals surface area contributed by atoms with Crippen molar-refractivity contribution in [2.24, 2.45) is 5.92 Å². The molecule has 6 rings (SSSR count). The Balaban J connectivity index is 0.00000171. The normalized spacial score (nSPS) is 36.9. The van der Waals surface area contributed by atoms with Crippen LogP contribution in [0.5, 0.6) is 11.5 Å². The molecule has 0 aromatic heterocycles. The van der Waals surface area contributed by atoms with Crippen molar-refractivity contribution in [1.29, 1.82) is 0 Å². The van der Waals surface area contributed by atoms with E-state index in [1.807, 2.05) is 6.07 Å². The van der Waals surface area contributed by atoms with Gasteiger partial charge in [0.1, 0.15) is 11.8 Å². The molecular weight excluding hydrogens is 418 g/mol. The molecule has 1 aromatic rings. The van der Waals surface area contributed by atoms with E-state index in [9.17, 15) is 5.11 Å². The van der Waals surface area contributed by atoms with Gasteiger partial charge in [0.25, 0.3) is 0 Å². The van der Waals surface area contributed by atoms with E-state index in [0.29, 0.717) is 11.8 Å². The molecule has 2 aliphatic heterocycles. The van der Waals surface area contributed by atoms with Crippen molar-refractivity contribution in [3.63, 3.8) is 0 Å². The van der Waals surface area contributed by atoms with Gasteiger partial charge in [0, 0.05) is 29.9 Å². The Morgan fingerprint density at radius 1 is 1.29 bits per heavy atom. The van der Waals surface area contributed by atoms with Crippen LogP contribution in [0.15, 0.2) is 35.6 Å². The third kappa shape index (κ3) is 2.10. The highest BCUT2D eigenvalue weighted by Gasteiger charge is 2.65. The zero-order valence-electron chi connectivity index (χ0n) is 16.6. The molecule has 150 valence electrons. The number of aromatic hydroxyl groups is 1. The Morgan fingerprint density at radius 3 is 2.82 bits per heavy atom. The first-order valence-electron chi connectivity index (χ1n) is 10.4. The number of benzene rings is 1. The molecule has 1 aromatic carbocycles. The molecule has 28 heavy (non-hydrogen) atoms. The summed E-state index contributed by atoms with van der Waals surface area (Å²) in [6.45, 7) is 2.47. The molecule has 1 saturated heterocycles. The van der Waals surface area contributed by atoms with Gasteiger partial charge in [-0.05, 0) is 30.5 Å². The van der Waals surface area contributed by atoms with Crippen molar-refractivity contribution < 1.29 is 36.0 Å². The summed E-state index contributed by atoms with van der Waals surface area (Å²) in [7, 11) is 4.21. The number of likely N-dealkylation sites (N-methyl/N-ethyl adjacent to an activating group) is 1. The summed E-state index contributed by atoms with van der Waals surface area (Å²) in [6, 6.07) is 4.46. The lowest BCUT2D eigenvalue weighted by molar-refractivity contribution is -0.937. The molecular formula is C23H28BrNO3. The van der Waals surface area contributed by atoms with Crippen molar-refractivity contribution >= 4 is 0 Å². The highest BCUT2D eigenvalue weighted by molar-refractivity contribution is 5.66. The first-order chi connectivity index (χ1) is 13.1. The van der Waals surface area contributed by atoms with Gasteiger partial charge in [-0.1, -0.05) is 18.6 Å². The lowest BCUT2D eigenvalue weighted by Crippen LogP contribution is -3.00. The number of nitrogens with zero attached hydrogens (tertiary/aromatic N) is 1. The highest BCUT2D eigenvalue weighted by atomic mass is 79.9. The third-order valence-corrected chi connectivity index (χ3v) is 8.23. The quantitative estimate of drug-likeness (QED) is 0.686. The zero-order valence-corrected chi connectivity index (χ0v) is 18.2. The van der Waals surface area contributed by atoms with E-state index in [-0.39, 0.29) is 34.2 Å². The maximum atomic E-state index is 10.5. The van der Waals surface area contributed by atoms with Crippen molar-refractivity contribution in [3.05, 3.63) is 46.7 Å². The molecule has 0 unspecified atom stereocenters. The SMILES string of the molecule is COC1=CC=C2[C@H]3Cc4ccc(O)c5c4[C@@]2(CC[N@@+]3(C)CC2CCC2)[C@H]1O5.[Br-]. The minimum absolute atomic E-state index is 0. The van der Waals surface area contributed by atoms with Crippen LogP contribution in [0.4, 0.5) is 0 Å². The van der Waals surface area contributed by atoms with Crippen molar-refractivity contribution in [2.75, 3.05) is 27.2 Å². The number of hydrogen-bond acceptors (Lipinski definition) is 3. The number of quaternary nitrogens is 1. The number of likely N-dealkylation sites (tertiary alicyclic amines) is 1. The average Bonchev–Trinajstić information content (AvgIpc) is 2.99. The van der Waals surface area contributed by atoms with E-state index in [4.69, 9.17) is 9.47 Å². The van der Waals surface area contributed by atoms with Gasteiger partial charge in [0.05, 0.1) is 32.7 Å². The molecule has 2 bridgehead atoms. The van der Waals surface area contributed by atoms with E-state index in [1.165, 1.54) is 49.1 Å². The Hall–Kier alpha value is -1.46. The van der Waals surface area contributed by atoms with Gasteiger partial charge >= 0.3 is 0 Å². The Morgan fingerprint density at radius 2 is 2.11 bits per heavy atom. The Bertz CT molecular complexity index is 905. The molecule has 0 radical (unpaired) electrons.